The van der Waals surface area contributed by atoms with Crippen LogP contribution < -0.4 is 11.1 Å². The van der Waals surface area contributed by atoms with E-state index in [0.717, 1.165) is 12.8 Å². The predicted octanol–water partition coefficient (Wildman–Crippen LogP) is 1.42. The summed E-state index contributed by atoms with van der Waals surface area (Å²) in [5.41, 5.74) is 5.79. The summed E-state index contributed by atoms with van der Waals surface area (Å²) in [5.74, 6) is 0.539. The fraction of sp³-hybridized carbons (Fsp3) is 0.909. The number of carbonyl (C=O) groups excluding carboxylic acids is 1. The summed E-state index contributed by atoms with van der Waals surface area (Å²) in [7, 11) is 0. The Hall–Kier alpha value is -0.570. The number of nitrogens with two attached hydrogens (primary N) is 1. The zero-order valence-corrected chi connectivity index (χ0v) is 9.47. The van der Waals surface area contributed by atoms with Crippen LogP contribution in [0, 0.1) is 5.92 Å². The van der Waals surface area contributed by atoms with Gasteiger partial charge in [0, 0.05) is 18.0 Å². The van der Waals surface area contributed by atoms with Crippen molar-refractivity contribution < 1.29 is 4.79 Å². The summed E-state index contributed by atoms with van der Waals surface area (Å²) in [6.07, 6.45) is 3.96. The van der Waals surface area contributed by atoms with E-state index in [1.54, 1.807) is 0 Å². The molecule has 3 nitrogen and oxygen atoms in total. The van der Waals surface area contributed by atoms with Gasteiger partial charge in [0.2, 0.25) is 5.91 Å². The average molecular weight is 198 g/mol. The van der Waals surface area contributed by atoms with E-state index in [1.165, 1.54) is 6.42 Å². The summed E-state index contributed by atoms with van der Waals surface area (Å²) in [6, 6.07) is 0.237. The van der Waals surface area contributed by atoms with Crippen molar-refractivity contribution in [2.24, 2.45) is 11.7 Å². The molecule has 1 aliphatic rings. The van der Waals surface area contributed by atoms with Gasteiger partial charge in [-0.05, 0) is 39.5 Å². The molecule has 1 fully saturated rings. The Bertz CT molecular complexity index is 208. The van der Waals surface area contributed by atoms with Crippen molar-refractivity contribution >= 4 is 5.91 Å². The molecule has 0 heterocycles. The quantitative estimate of drug-likeness (QED) is 0.705. The van der Waals surface area contributed by atoms with Crippen molar-refractivity contribution in [3.05, 3.63) is 0 Å². The summed E-state index contributed by atoms with van der Waals surface area (Å²) < 4.78 is 0. The molecule has 0 aromatic heterocycles. The Kier molecular flexibility index (Phi) is 3.53. The molecule has 1 aliphatic carbocycles. The maximum absolute atomic E-state index is 11.6. The SMILES string of the molecule is CC(C)(C)NC(=O)C[C@@H]1CCC[C@H]1N. The van der Waals surface area contributed by atoms with Crippen molar-refractivity contribution in [2.75, 3.05) is 0 Å². The summed E-state index contributed by atoms with van der Waals surface area (Å²) >= 11 is 0. The van der Waals surface area contributed by atoms with Gasteiger partial charge >= 0.3 is 0 Å². The van der Waals surface area contributed by atoms with Gasteiger partial charge in [-0.25, -0.2) is 0 Å². The third kappa shape index (κ3) is 3.66. The van der Waals surface area contributed by atoms with Gasteiger partial charge < -0.3 is 11.1 Å². The standard InChI is InChI=1S/C11H22N2O/c1-11(2,3)13-10(14)7-8-5-4-6-9(8)12/h8-9H,4-7,12H2,1-3H3,(H,13,14)/t8-,9+/m0/s1. The zero-order chi connectivity index (χ0) is 10.8. The van der Waals surface area contributed by atoms with Gasteiger partial charge in [0.05, 0.1) is 0 Å². The molecule has 2 atom stereocenters. The molecule has 0 aliphatic heterocycles. The second kappa shape index (κ2) is 4.30. The third-order valence-corrected chi connectivity index (χ3v) is 2.68. The summed E-state index contributed by atoms with van der Waals surface area (Å²) in [6.45, 7) is 6.00. The van der Waals surface area contributed by atoms with E-state index < -0.39 is 0 Å². The van der Waals surface area contributed by atoms with Crippen LogP contribution in [0.3, 0.4) is 0 Å². The Morgan fingerprint density at radius 3 is 2.50 bits per heavy atom. The van der Waals surface area contributed by atoms with Crippen molar-refractivity contribution in [1.82, 2.24) is 5.32 Å². The zero-order valence-electron chi connectivity index (χ0n) is 9.47. The molecule has 82 valence electrons. The Morgan fingerprint density at radius 1 is 1.43 bits per heavy atom. The third-order valence-electron chi connectivity index (χ3n) is 2.68. The fourth-order valence-electron chi connectivity index (χ4n) is 2.03. The van der Waals surface area contributed by atoms with E-state index in [-0.39, 0.29) is 17.5 Å². The lowest BCUT2D eigenvalue weighted by Crippen LogP contribution is -2.42. The Labute approximate surface area is 86.4 Å². The van der Waals surface area contributed by atoms with Crippen LogP contribution in [0.1, 0.15) is 46.5 Å². The molecule has 1 rings (SSSR count). The topological polar surface area (TPSA) is 55.1 Å². The highest BCUT2D eigenvalue weighted by molar-refractivity contribution is 5.77. The van der Waals surface area contributed by atoms with Crippen molar-refractivity contribution in [3.63, 3.8) is 0 Å². The van der Waals surface area contributed by atoms with Gasteiger partial charge in [-0.15, -0.1) is 0 Å². The lowest BCUT2D eigenvalue weighted by Gasteiger charge is -2.22. The van der Waals surface area contributed by atoms with Crippen LogP contribution in [0.5, 0.6) is 0 Å². The summed E-state index contributed by atoms with van der Waals surface area (Å²) in [4.78, 5) is 11.6. The molecule has 0 bridgehead atoms. The highest BCUT2D eigenvalue weighted by Crippen LogP contribution is 2.26. The van der Waals surface area contributed by atoms with E-state index in [0.29, 0.717) is 12.3 Å². The number of amides is 1. The van der Waals surface area contributed by atoms with Crippen molar-refractivity contribution in [2.45, 2.75) is 58.0 Å². The maximum Gasteiger partial charge on any atom is 0.220 e. The molecular weight excluding hydrogens is 176 g/mol. The van der Waals surface area contributed by atoms with Gasteiger partial charge in [-0.2, -0.15) is 0 Å². The second-order valence-electron chi connectivity index (χ2n) is 5.36. The number of hydrogen-bond donors (Lipinski definition) is 2. The molecule has 1 amide bonds. The minimum atomic E-state index is -0.125. The van der Waals surface area contributed by atoms with Crippen LogP contribution in [-0.2, 0) is 4.79 Å². The van der Waals surface area contributed by atoms with Crippen LogP contribution in [0.4, 0.5) is 0 Å². The Balaban J connectivity index is 2.33. The van der Waals surface area contributed by atoms with Gasteiger partial charge in [-0.1, -0.05) is 6.42 Å². The fourth-order valence-corrected chi connectivity index (χ4v) is 2.03. The normalized spacial score (nSPS) is 27.7. The van der Waals surface area contributed by atoms with E-state index in [1.807, 2.05) is 20.8 Å². The first-order valence-corrected chi connectivity index (χ1v) is 5.45. The molecule has 1 saturated carbocycles. The largest absolute Gasteiger partial charge is 0.351 e. The minimum Gasteiger partial charge on any atom is -0.351 e. The van der Waals surface area contributed by atoms with Crippen molar-refractivity contribution in [3.8, 4) is 0 Å². The van der Waals surface area contributed by atoms with E-state index >= 15 is 0 Å². The minimum absolute atomic E-state index is 0.125. The van der Waals surface area contributed by atoms with Crippen LogP contribution in [0.15, 0.2) is 0 Å². The van der Waals surface area contributed by atoms with Gasteiger partial charge in [0.25, 0.3) is 0 Å². The van der Waals surface area contributed by atoms with Crippen molar-refractivity contribution in [1.29, 1.82) is 0 Å². The van der Waals surface area contributed by atoms with Crippen LogP contribution in [0.25, 0.3) is 0 Å². The first-order chi connectivity index (χ1) is 6.38. The highest BCUT2D eigenvalue weighted by Gasteiger charge is 2.27. The van der Waals surface area contributed by atoms with Gasteiger partial charge in [0.15, 0.2) is 0 Å². The van der Waals surface area contributed by atoms with Gasteiger partial charge in [-0.3, -0.25) is 4.79 Å². The molecular formula is C11H22N2O. The number of nitrogens with one attached hydrogen (secondary N) is 1. The molecule has 3 heteroatoms. The second-order valence-corrected chi connectivity index (χ2v) is 5.36. The lowest BCUT2D eigenvalue weighted by molar-refractivity contribution is -0.123. The molecule has 0 aromatic carbocycles. The van der Waals surface area contributed by atoms with Crippen LogP contribution in [-0.4, -0.2) is 17.5 Å². The molecule has 0 radical (unpaired) electrons. The first kappa shape index (κ1) is 11.5. The number of hydrogen-bond acceptors (Lipinski definition) is 2. The lowest BCUT2D eigenvalue weighted by atomic mass is 9.99. The Morgan fingerprint density at radius 2 is 2.07 bits per heavy atom. The van der Waals surface area contributed by atoms with E-state index in [9.17, 15) is 4.79 Å². The number of rotatable bonds is 2. The molecule has 0 spiro atoms. The molecule has 14 heavy (non-hydrogen) atoms. The molecule has 0 unspecified atom stereocenters. The first-order valence-electron chi connectivity index (χ1n) is 5.45. The predicted molar refractivity (Wildman–Crippen MR) is 57.8 cm³/mol. The average Bonchev–Trinajstić information content (AvgIpc) is 2.32. The van der Waals surface area contributed by atoms with E-state index in [2.05, 4.69) is 5.32 Å². The smallest absolute Gasteiger partial charge is 0.220 e. The highest BCUT2D eigenvalue weighted by atomic mass is 16.1. The molecule has 3 N–H and O–H groups in total. The maximum atomic E-state index is 11.6. The van der Waals surface area contributed by atoms with Gasteiger partial charge in [0.1, 0.15) is 0 Å². The van der Waals surface area contributed by atoms with Crippen LogP contribution in [0.2, 0.25) is 0 Å². The van der Waals surface area contributed by atoms with E-state index in [4.69, 9.17) is 5.73 Å². The number of carbonyl (C=O) groups is 1. The summed E-state index contributed by atoms with van der Waals surface area (Å²) in [5, 5.41) is 2.97. The molecule has 0 saturated heterocycles. The van der Waals surface area contributed by atoms with Crippen LogP contribution >= 0.6 is 0 Å². The monoisotopic (exact) mass is 198 g/mol. The molecule has 0 aromatic rings.